The van der Waals surface area contributed by atoms with E-state index in [1.807, 2.05) is 51.1 Å². The van der Waals surface area contributed by atoms with Gasteiger partial charge in [0, 0.05) is 16.6 Å². The van der Waals surface area contributed by atoms with Crippen molar-refractivity contribution in [2.24, 2.45) is 0 Å². The topological polar surface area (TPSA) is 75.1 Å². The lowest BCUT2D eigenvalue weighted by molar-refractivity contribution is 0.104. The van der Waals surface area contributed by atoms with Crippen LogP contribution in [-0.2, 0) is 0 Å². The standard InChI is InChI=1S/C23H22N2O3/c1-14(2)28-20-10-9-16(12-21(20)27-4)11-17(13-24)23(26)22-15(3)25-19-8-6-5-7-18(19)22/h5-12,14,25H,1-4H3/b17-11+. The molecule has 0 radical (unpaired) electrons. The van der Waals surface area contributed by atoms with E-state index >= 15 is 0 Å². The molecule has 0 atom stereocenters. The zero-order chi connectivity index (χ0) is 20.3. The molecule has 0 saturated heterocycles. The third-order valence-corrected chi connectivity index (χ3v) is 4.35. The Labute approximate surface area is 164 Å². The number of H-pyrrole nitrogens is 1. The van der Waals surface area contributed by atoms with E-state index in [1.54, 1.807) is 31.4 Å². The number of fused-ring (bicyclic) bond motifs is 1. The van der Waals surface area contributed by atoms with Crippen LogP contribution in [0, 0.1) is 18.3 Å². The number of carbonyl (C=O) groups is 1. The summed E-state index contributed by atoms with van der Waals surface area (Å²) in [7, 11) is 1.56. The summed E-state index contributed by atoms with van der Waals surface area (Å²) in [5.41, 5.74) is 2.89. The molecule has 2 aromatic carbocycles. The number of nitrogens with one attached hydrogen (secondary N) is 1. The number of para-hydroxylation sites is 1. The molecule has 3 rings (SSSR count). The van der Waals surface area contributed by atoms with Gasteiger partial charge in [-0.05, 0) is 50.6 Å². The molecule has 1 aromatic heterocycles. The van der Waals surface area contributed by atoms with E-state index in [9.17, 15) is 10.1 Å². The molecule has 1 heterocycles. The molecular weight excluding hydrogens is 352 g/mol. The highest BCUT2D eigenvalue weighted by molar-refractivity contribution is 6.20. The van der Waals surface area contributed by atoms with Crippen LogP contribution in [0.25, 0.3) is 17.0 Å². The van der Waals surface area contributed by atoms with E-state index in [0.717, 1.165) is 16.6 Å². The van der Waals surface area contributed by atoms with Gasteiger partial charge in [0.1, 0.15) is 11.6 Å². The smallest absolute Gasteiger partial charge is 0.205 e. The van der Waals surface area contributed by atoms with Crippen LogP contribution >= 0.6 is 0 Å². The minimum absolute atomic E-state index is 0.0105. The predicted molar refractivity (Wildman–Crippen MR) is 110 cm³/mol. The zero-order valence-corrected chi connectivity index (χ0v) is 16.4. The Morgan fingerprint density at radius 3 is 2.61 bits per heavy atom. The summed E-state index contributed by atoms with van der Waals surface area (Å²) in [4.78, 5) is 16.3. The second-order valence-electron chi connectivity index (χ2n) is 6.75. The quantitative estimate of drug-likeness (QED) is 0.372. The van der Waals surface area contributed by atoms with E-state index in [-0.39, 0.29) is 17.5 Å². The van der Waals surface area contributed by atoms with Crippen molar-refractivity contribution in [3.8, 4) is 17.6 Å². The number of ether oxygens (including phenoxy) is 2. The molecule has 142 valence electrons. The molecule has 3 aromatic rings. The van der Waals surface area contributed by atoms with Crippen molar-refractivity contribution in [3.05, 3.63) is 64.9 Å². The van der Waals surface area contributed by atoms with Crippen molar-refractivity contribution < 1.29 is 14.3 Å². The van der Waals surface area contributed by atoms with E-state index in [1.165, 1.54) is 0 Å². The Kier molecular flexibility index (Phi) is 5.51. The first-order valence-electron chi connectivity index (χ1n) is 9.03. The van der Waals surface area contributed by atoms with Crippen molar-refractivity contribution >= 4 is 22.8 Å². The molecular formula is C23H22N2O3. The van der Waals surface area contributed by atoms with Crippen LogP contribution in [0.5, 0.6) is 11.5 Å². The summed E-state index contributed by atoms with van der Waals surface area (Å²) < 4.78 is 11.1. The third kappa shape index (κ3) is 3.77. The van der Waals surface area contributed by atoms with Crippen molar-refractivity contribution in [2.45, 2.75) is 26.9 Å². The first-order valence-corrected chi connectivity index (χ1v) is 9.03. The Morgan fingerprint density at radius 2 is 1.93 bits per heavy atom. The fraction of sp³-hybridized carbons (Fsp3) is 0.217. The summed E-state index contributed by atoms with van der Waals surface area (Å²) in [5.74, 6) is 0.862. The average Bonchev–Trinajstić information content (AvgIpc) is 3.01. The Hall–Kier alpha value is -3.52. The summed E-state index contributed by atoms with van der Waals surface area (Å²) >= 11 is 0. The minimum Gasteiger partial charge on any atom is -0.493 e. The van der Waals surface area contributed by atoms with Crippen molar-refractivity contribution in [3.63, 3.8) is 0 Å². The number of nitriles is 1. The van der Waals surface area contributed by atoms with Crippen molar-refractivity contribution in [1.82, 2.24) is 4.98 Å². The number of hydrogen-bond donors (Lipinski definition) is 1. The molecule has 5 nitrogen and oxygen atoms in total. The first-order chi connectivity index (χ1) is 13.4. The third-order valence-electron chi connectivity index (χ3n) is 4.35. The second kappa shape index (κ2) is 8.01. The van der Waals surface area contributed by atoms with Gasteiger partial charge in [-0.1, -0.05) is 24.3 Å². The summed E-state index contributed by atoms with van der Waals surface area (Å²) in [6.07, 6.45) is 1.59. The SMILES string of the molecule is COc1cc(/C=C(\C#N)C(=O)c2c(C)[nH]c3ccccc23)ccc1OC(C)C. The van der Waals surface area contributed by atoms with Crippen LogP contribution in [0.15, 0.2) is 48.0 Å². The Morgan fingerprint density at radius 1 is 1.18 bits per heavy atom. The monoisotopic (exact) mass is 374 g/mol. The van der Waals surface area contributed by atoms with Crippen molar-refractivity contribution in [2.75, 3.05) is 7.11 Å². The van der Waals surface area contributed by atoms with Gasteiger partial charge in [0.05, 0.1) is 18.8 Å². The van der Waals surface area contributed by atoms with Crippen LogP contribution in [0.2, 0.25) is 0 Å². The maximum absolute atomic E-state index is 13.1. The Balaban J connectivity index is 2.01. The van der Waals surface area contributed by atoms with Gasteiger partial charge in [-0.2, -0.15) is 5.26 Å². The van der Waals surface area contributed by atoms with Crippen LogP contribution in [0.1, 0.15) is 35.5 Å². The number of benzene rings is 2. The molecule has 0 aliphatic heterocycles. The van der Waals surface area contributed by atoms with Gasteiger partial charge in [0.2, 0.25) is 5.78 Å². The highest BCUT2D eigenvalue weighted by Gasteiger charge is 2.20. The van der Waals surface area contributed by atoms with E-state index in [4.69, 9.17) is 9.47 Å². The number of hydrogen-bond acceptors (Lipinski definition) is 4. The number of nitrogens with zero attached hydrogens (tertiary/aromatic N) is 1. The molecule has 0 unspecified atom stereocenters. The Bertz CT molecular complexity index is 1100. The lowest BCUT2D eigenvalue weighted by Crippen LogP contribution is -2.06. The predicted octanol–water partition coefficient (Wildman–Crippen LogP) is 5.06. The average molecular weight is 374 g/mol. The van der Waals surface area contributed by atoms with Crippen LogP contribution < -0.4 is 9.47 Å². The molecule has 0 aliphatic rings. The van der Waals surface area contributed by atoms with Crippen molar-refractivity contribution in [1.29, 1.82) is 5.26 Å². The molecule has 0 spiro atoms. The van der Waals surface area contributed by atoms with Crippen LogP contribution in [-0.4, -0.2) is 24.0 Å². The fourth-order valence-electron chi connectivity index (χ4n) is 3.14. The van der Waals surface area contributed by atoms with E-state index < -0.39 is 0 Å². The second-order valence-corrected chi connectivity index (χ2v) is 6.75. The number of methoxy groups -OCH3 is 1. The number of carbonyl (C=O) groups excluding carboxylic acids is 1. The van der Waals surface area contributed by atoms with Gasteiger partial charge < -0.3 is 14.5 Å². The number of allylic oxidation sites excluding steroid dienone is 1. The number of aryl methyl sites for hydroxylation is 1. The molecule has 0 fully saturated rings. The van der Waals surface area contributed by atoms with Gasteiger partial charge in [-0.15, -0.1) is 0 Å². The number of rotatable bonds is 6. The molecule has 0 bridgehead atoms. The first kappa shape index (κ1) is 19.2. The number of ketones is 1. The lowest BCUT2D eigenvalue weighted by Gasteiger charge is -2.13. The van der Waals surface area contributed by atoms with Crippen LogP contribution in [0.3, 0.4) is 0 Å². The number of Topliss-reactive ketones (excluding diaryl/α,β-unsaturated/α-hetero) is 1. The van der Waals surface area contributed by atoms with Gasteiger partial charge in [0.25, 0.3) is 0 Å². The van der Waals surface area contributed by atoms with E-state index in [0.29, 0.717) is 22.6 Å². The summed E-state index contributed by atoms with van der Waals surface area (Å²) in [6, 6.07) is 14.9. The molecule has 0 saturated carbocycles. The van der Waals surface area contributed by atoms with E-state index in [2.05, 4.69) is 4.98 Å². The molecule has 0 amide bonds. The molecule has 0 aliphatic carbocycles. The summed E-state index contributed by atoms with van der Waals surface area (Å²) in [5, 5.41) is 10.4. The highest BCUT2D eigenvalue weighted by atomic mass is 16.5. The fourth-order valence-corrected chi connectivity index (χ4v) is 3.14. The molecule has 1 N–H and O–H groups in total. The highest BCUT2D eigenvalue weighted by Crippen LogP contribution is 2.30. The maximum atomic E-state index is 13.1. The van der Waals surface area contributed by atoms with Gasteiger partial charge in [0.15, 0.2) is 11.5 Å². The normalized spacial score (nSPS) is 11.5. The lowest BCUT2D eigenvalue weighted by atomic mass is 9.99. The van der Waals surface area contributed by atoms with Gasteiger partial charge in [-0.3, -0.25) is 4.79 Å². The van der Waals surface area contributed by atoms with Crippen LogP contribution in [0.4, 0.5) is 0 Å². The molecule has 28 heavy (non-hydrogen) atoms. The summed E-state index contributed by atoms with van der Waals surface area (Å²) in [6.45, 7) is 5.70. The minimum atomic E-state index is -0.307. The number of aromatic nitrogens is 1. The van der Waals surface area contributed by atoms with Gasteiger partial charge >= 0.3 is 0 Å². The molecule has 5 heteroatoms. The van der Waals surface area contributed by atoms with Gasteiger partial charge in [-0.25, -0.2) is 0 Å². The maximum Gasteiger partial charge on any atom is 0.205 e. The number of aromatic amines is 1. The largest absolute Gasteiger partial charge is 0.493 e. The zero-order valence-electron chi connectivity index (χ0n) is 16.4.